The molecule has 1 aromatic carbocycles. The molecule has 2 rings (SSSR count). The lowest BCUT2D eigenvalue weighted by molar-refractivity contribution is 0.439. The zero-order valence-electron chi connectivity index (χ0n) is 10.9. The van der Waals surface area contributed by atoms with E-state index in [4.69, 9.17) is 5.73 Å². The molecule has 0 bridgehead atoms. The highest BCUT2D eigenvalue weighted by Gasteiger charge is 2.31. The summed E-state index contributed by atoms with van der Waals surface area (Å²) in [5, 5.41) is 0. The van der Waals surface area contributed by atoms with Gasteiger partial charge in [-0.1, -0.05) is 42.3 Å². The number of hydrogen-bond acceptors (Lipinski definition) is 3. The van der Waals surface area contributed by atoms with Gasteiger partial charge in [-0.25, -0.2) is 0 Å². The molecule has 1 aliphatic rings. The smallest absolute Gasteiger partial charge is 0.196 e. The minimum Gasteiger partial charge on any atom is -0.370 e. The fraction of sp³-hybridized carbons (Fsp3) is 0.500. The average molecular weight is 310 g/mol. The summed E-state index contributed by atoms with van der Waals surface area (Å²) in [6.45, 7) is 5.31. The molecule has 3 nitrogen and oxygen atoms in total. The third-order valence-corrected chi connectivity index (χ3v) is 4.00. The Morgan fingerprint density at radius 2 is 2.33 bits per heavy atom. The van der Waals surface area contributed by atoms with Crippen molar-refractivity contribution in [3.8, 4) is 0 Å². The van der Waals surface area contributed by atoms with Crippen molar-refractivity contribution in [2.45, 2.75) is 32.7 Å². The first-order valence-electron chi connectivity index (χ1n) is 6.48. The number of halogens is 1. The molecule has 0 aliphatic carbocycles. The van der Waals surface area contributed by atoms with Gasteiger partial charge in [0.25, 0.3) is 0 Å². The number of aliphatic imine (C=N–C) groups is 1. The lowest BCUT2D eigenvalue weighted by Crippen LogP contribution is -2.44. The molecule has 0 amide bonds. The van der Waals surface area contributed by atoms with Crippen LogP contribution in [0.5, 0.6) is 0 Å². The van der Waals surface area contributed by atoms with Crippen LogP contribution in [0.2, 0.25) is 0 Å². The predicted molar refractivity (Wildman–Crippen MR) is 81.0 cm³/mol. The Morgan fingerprint density at radius 1 is 1.56 bits per heavy atom. The topological polar surface area (TPSA) is 41.6 Å². The van der Waals surface area contributed by atoms with E-state index in [0.717, 1.165) is 16.7 Å². The van der Waals surface area contributed by atoms with Crippen molar-refractivity contribution in [3.05, 3.63) is 28.7 Å². The Hall–Kier alpha value is -1.03. The van der Waals surface area contributed by atoms with Gasteiger partial charge in [0.15, 0.2) is 5.96 Å². The molecule has 0 radical (unpaired) electrons. The maximum Gasteiger partial charge on any atom is 0.196 e. The van der Waals surface area contributed by atoms with Crippen LogP contribution in [-0.2, 0) is 0 Å². The van der Waals surface area contributed by atoms with Crippen LogP contribution >= 0.6 is 15.9 Å². The molecular formula is C14H20BrN3. The zero-order chi connectivity index (χ0) is 13.1. The van der Waals surface area contributed by atoms with E-state index in [0.29, 0.717) is 17.9 Å². The fourth-order valence-electron chi connectivity index (χ4n) is 2.55. The van der Waals surface area contributed by atoms with Gasteiger partial charge in [0, 0.05) is 10.2 Å². The summed E-state index contributed by atoms with van der Waals surface area (Å²) in [5.74, 6) is 1.24. The first-order chi connectivity index (χ1) is 8.63. The number of nitrogens with two attached hydrogens (primary N) is 1. The second kappa shape index (κ2) is 5.74. The molecule has 1 heterocycles. The molecule has 2 N–H and O–H groups in total. The highest BCUT2D eigenvalue weighted by atomic mass is 79.9. The summed E-state index contributed by atoms with van der Waals surface area (Å²) in [6, 6.07) is 8.63. The van der Waals surface area contributed by atoms with Gasteiger partial charge < -0.3 is 10.6 Å². The molecule has 0 fully saturated rings. The molecule has 98 valence electrons. The SMILES string of the molecule is CCCC(C)C1CN=C(N)N1c1cccc(Br)c1. The number of rotatable bonds is 4. The minimum atomic E-state index is 0.388. The standard InChI is InChI=1S/C14H20BrN3/c1-3-5-10(2)13-9-17-14(16)18(13)12-7-4-6-11(15)8-12/h4,6-8,10,13H,3,5,9H2,1-2H3,(H2,16,17). The first-order valence-corrected chi connectivity index (χ1v) is 7.27. The Labute approximate surface area is 117 Å². The van der Waals surface area contributed by atoms with Crippen molar-refractivity contribution in [3.63, 3.8) is 0 Å². The van der Waals surface area contributed by atoms with Gasteiger partial charge in [-0.2, -0.15) is 0 Å². The van der Waals surface area contributed by atoms with Gasteiger partial charge in [-0.15, -0.1) is 0 Å². The normalized spacial score (nSPS) is 20.9. The van der Waals surface area contributed by atoms with E-state index in [1.54, 1.807) is 0 Å². The highest BCUT2D eigenvalue weighted by Crippen LogP contribution is 2.28. The van der Waals surface area contributed by atoms with E-state index < -0.39 is 0 Å². The fourth-order valence-corrected chi connectivity index (χ4v) is 2.93. The number of guanidine groups is 1. The summed E-state index contributed by atoms with van der Waals surface area (Å²) in [7, 11) is 0. The van der Waals surface area contributed by atoms with Crippen LogP contribution in [0.3, 0.4) is 0 Å². The first kappa shape index (κ1) is 13.4. The lowest BCUT2D eigenvalue weighted by Gasteiger charge is -2.30. The van der Waals surface area contributed by atoms with Gasteiger partial charge in [0.05, 0.1) is 12.6 Å². The molecule has 2 unspecified atom stereocenters. The van der Waals surface area contributed by atoms with E-state index in [-0.39, 0.29) is 0 Å². The molecule has 4 heteroatoms. The van der Waals surface area contributed by atoms with Gasteiger partial charge in [-0.05, 0) is 30.5 Å². The number of anilines is 1. The zero-order valence-corrected chi connectivity index (χ0v) is 12.5. The van der Waals surface area contributed by atoms with Crippen LogP contribution in [-0.4, -0.2) is 18.5 Å². The van der Waals surface area contributed by atoms with Crippen LogP contribution in [0.15, 0.2) is 33.7 Å². The van der Waals surface area contributed by atoms with E-state index in [1.165, 1.54) is 12.8 Å². The number of nitrogens with zero attached hydrogens (tertiary/aromatic N) is 2. The maximum absolute atomic E-state index is 6.05. The van der Waals surface area contributed by atoms with E-state index in [1.807, 2.05) is 12.1 Å². The van der Waals surface area contributed by atoms with E-state index in [9.17, 15) is 0 Å². The Morgan fingerprint density at radius 3 is 3.00 bits per heavy atom. The molecule has 0 saturated heterocycles. The maximum atomic E-state index is 6.05. The van der Waals surface area contributed by atoms with Gasteiger partial charge >= 0.3 is 0 Å². The highest BCUT2D eigenvalue weighted by molar-refractivity contribution is 9.10. The quantitative estimate of drug-likeness (QED) is 0.926. The Balaban J connectivity index is 2.25. The summed E-state index contributed by atoms with van der Waals surface area (Å²) in [5.41, 5.74) is 7.17. The number of benzene rings is 1. The van der Waals surface area contributed by atoms with Crippen LogP contribution in [0.4, 0.5) is 5.69 Å². The number of hydrogen-bond donors (Lipinski definition) is 1. The van der Waals surface area contributed by atoms with Crippen molar-refractivity contribution < 1.29 is 0 Å². The molecular weight excluding hydrogens is 290 g/mol. The monoisotopic (exact) mass is 309 g/mol. The molecule has 1 aliphatic heterocycles. The Bertz CT molecular complexity index is 444. The van der Waals surface area contributed by atoms with Crippen molar-refractivity contribution in [2.24, 2.45) is 16.6 Å². The molecule has 18 heavy (non-hydrogen) atoms. The molecule has 0 spiro atoms. The molecule has 2 atom stereocenters. The van der Waals surface area contributed by atoms with E-state index >= 15 is 0 Å². The van der Waals surface area contributed by atoms with Crippen molar-refractivity contribution in [1.82, 2.24) is 0 Å². The summed E-state index contributed by atoms with van der Waals surface area (Å²) in [4.78, 5) is 6.59. The summed E-state index contributed by atoms with van der Waals surface area (Å²) < 4.78 is 1.07. The summed E-state index contributed by atoms with van der Waals surface area (Å²) >= 11 is 3.51. The van der Waals surface area contributed by atoms with Crippen LogP contribution in [0.25, 0.3) is 0 Å². The van der Waals surface area contributed by atoms with Crippen molar-refractivity contribution in [1.29, 1.82) is 0 Å². The lowest BCUT2D eigenvalue weighted by atomic mass is 9.96. The Kier molecular flexibility index (Phi) is 4.27. The molecule has 0 aromatic heterocycles. The van der Waals surface area contributed by atoms with Gasteiger partial charge in [-0.3, -0.25) is 4.99 Å². The van der Waals surface area contributed by atoms with Crippen LogP contribution in [0, 0.1) is 5.92 Å². The second-order valence-corrected chi connectivity index (χ2v) is 5.80. The second-order valence-electron chi connectivity index (χ2n) is 4.88. The molecule has 0 saturated carbocycles. The predicted octanol–water partition coefficient (Wildman–Crippen LogP) is 3.39. The average Bonchev–Trinajstić information content (AvgIpc) is 2.71. The van der Waals surface area contributed by atoms with E-state index in [2.05, 4.69) is 51.8 Å². The van der Waals surface area contributed by atoms with Gasteiger partial charge in [0.1, 0.15) is 0 Å². The van der Waals surface area contributed by atoms with Crippen LogP contribution < -0.4 is 10.6 Å². The van der Waals surface area contributed by atoms with Crippen molar-refractivity contribution in [2.75, 3.05) is 11.4 Å². The largest absolute Gasteiger partial charge is 0.370 e. The summed E-state index contributed by atoms with van der Waals surface area (Å²) in [6.07, 6.45) is 2.40. The molecule has 1 aromatic rings. The van der Waals surface area contributed by atoms with Crippen LogP contribution in [0.1, 0.15) is 26.7 Å². The third-order valence-electron chi connectivity index (χ3n) is 3.51. The van der Waals surface area contributed by atoms with Gasteiger partial charge in [0.2, 0.25) is 0 Å². The third kappa shape index (κ3) is 2.69. The minimum absolute atomic E-state index is 0.388. The van der Waals surface area contributed by atoms with Crippen molar-refractivity contribution >= 4 is 27.6 Å².